The maximum absolute atomic E-state index is 13.5. The van der Waals surface area contributed by atoms with Gasteiger partial charge in [-0.15, -0.1) is 0 Å². The second kappa shape index (κ2) is 4.50. The molecular formula is C13H17F2N. The molecule has 0 saturated carbocycles. The van der Waals surface area contributed by atoms with Crippen LogP contribution < -0.4 is 5.32 Å². The van der Waals surface area contributed by atoms with Crippen molar-refractivity contribution in [2.24, 2.45) is 0 Å². The van der Waals surface area contributed by atoms with Crippen molar-refractivity contribution in [2.75, 3.05) is 13.1 Å². The molecule has 1 atom stereocenters. The minimum Gasteiger partial charge on any atom is -0.316 e. The lowest BCUT2D eigenvalue weighted by Gasteiger charge is -2.17. The summed E-state index contributed by atoms with van der Waals surface area (Å²) in [5.41, 5.74) is 1.19. The van der Waals surface area contributed by atoms with Gasteiger partial charge in [0.15, 0.2) is 0 Å². The summed E-state index contributed by atoms with van der Waals surface area (Å²) in [5, 5.41) is 3.26. The number of nitrogens with one attached hydrogen (secondary N) is 1. The highest BCUT2D eigenvalue weighted by atomic mass is 19.3. The van der Waals surface area contributed by atoms with Gasteiger partial charge in [-0.25, -0.2) is 8.78 Å². The van der Waals surface area contributed by atoms with Crippen LogP contribution in [0.15, 0.2) is 24.3 Å². The third kappa shape index (κ3) is 2.24. The fourth-order valence-electron chi connectivity index (χ4n) is 2.16. The van der Waals surface area contributed by atoms with Crippen LogP contribution in [-0.4, -0.2) is 13.1 Å². The summed E-state index contributed by atoms with van der Waals surface area (Å²) in [7, 11) is 0. The third-order valence-electron chi connectivity index (χ3n) is 3.28. The van der Waals surface area contributed by atoms with E-state index < -0.39 is 5.92 Å². The monoisotopic (exact) mass is 225 g/mol. The van der Waals surface area contributed by atoms with Crippen molar-refractivity contribution in [3.8, 4) is 0 Å². The summed E-state index contributed by atoms with van der Waals surface area (Å²) in [6.07, 6.45) is 0.903. The Balaban J connectivity index is 2.25. The van der Waals surface area contributed by atoms with E-state index in [1.54, 1.807) is 12.1 Å². The lowest BCUT2D eigenvalue weighted by molar-refractivity contribution is -0.00837. The van der Waals surface area contributed by atoms with Crippen LogP contribution >= 0.6 is 0 Å². The van der Waals surface area contributed by atoms with Crippen molar-refractivity contribution in [3.05, 3.63) is 35.4 Å². The van der Waals surface area contributed by atoms with Gasteiger partial charge in [-0.3, -0.25) is 0 Å². The maximum atomic E-state index is 13.5. The molecule has 1 heterocycles. The number of rotatable bonds is 3. The van der Waals surface area contributed by atoms with Crippen molar-refractivity contribution in [2.45, 2.75) is 31.6 Å². The van der Waals surface area contributed by atoms with E-state index in [2.05, 4.69) is 5.32 Å². The first-order valence-electron chi connectivity index (χ1n) is 5.82. The van der Waals surface area contributed by atoms with Crippen molar-refractivity contribution in [1.82, 2.24) is 5.32 Å². The average molecular weight is 225 g/mol. The standard InChI is InChI=1S/C13H17F2N/c1-2-13(14,15)12-5-3-4-10(8-12)11-6-7-16-9-11/h3-5,8,11,16H,2,6-7,9H2,1H3. The van der Waals surface area contributed by atoms with Crippen LogP contribution in [0.4, 0.5) is 8.78 Å². The Morgan fingerprint density at radius 2 is 2.25 bits per heavy atom. The number of hydrogen-bond donors (Lipinski definition) is 1. The predicted octanol–water partition coefficient (Wildman–Crippen LogP) is 3.27. The molecule has 1 aromatic rings. The average Bonchev–Trinajstić information content (AvgIpc) is 2.83. The molecule has 1 nitrogen and oxygen atoms in total. The van der Waals surface area contributed by atoms with Gasteiger partial charge < -0.3 is 5.32 Å². The topological polar surface area (TPSA) is 12.0 Å². The Bertz CT molecular complexity index is 357. The van der Waals surface area contributed by atoms with Gasteiger partial charge in [0.05, 0.1) is 0 Å². The van der Waals surface area contributed by atoms with Gasteiger partial charge in [-0.05, 0) is 30.5 Å². The van der Waals surface area contributed by atoms with E-state index in [1.165, 1.54) is 13.0 Å². The number of benzene rings is 1. The molecule has 1 aromatic carbocycles. The van der Waals surface area contributed by atoms with Crippen LogP contribution in [0.2, 0.25) is 0 Å². The van der Waals surface area contributed by atoms with Gasteiger partial charge in [0.2, 0.25) is 0 Å². The molecule has 0 radical (unpaired) electrons. The largest absolute Gasteiger partial charge is 0.316 e. The van der Waals surface area contributed by atoms with Crippen LogP contribution in [0.5, 0.6) is 0 Å². The molecule has 88 valence electrons. The number of alkyl halides is 2. The highest BCUT2D eigenvalue weighted by Crippen LogP contribution is 2.33. The zero-order valence-corrected chi connectivity index (χ0v) is 9.47. The molecule has 1 N–H and O–H groups in total. The van der Waals surface area contributed by atoms with Gasteiger partial charge in [0, 0.05) is 18.5 Å². The van der Waals surface area contributed by atoms with E-state index in [-0.39, 0.29) is 12.0 Å². The first-order valence-corrected chi connectivity index (χ1v) is 5.82. The zero-order chi connectivity index (χ0) is 11.6. The van der Waals surface area contributed by atoms with Crippen LogP contribution in [0.25, 0.3) is 0 Å². The number of halogens is 2. The minimum absolute atomic E-state index is 0.140. The predicted molar refractivity (Wildman–Crippen MR) is 60.9 cm³/mol. The first-order chi connectivity index (χ1) is 7.63. The molecule has 1 aliphatic heterocycles. The zero-order valence-electron chi connectivity index (χ0n) is 9.47. The lowest BCUT2D eigenvalue weighted by Crippen LogP contribution is -2.13. The van der Waals surface area contributed by atoms with Crippen molar-refractivity contribution in [1.29, 1.82) is 0 Å². The molecule has 1 unspecified atom stereocenters. The molecule has 3 heteroatoms. The normalized spacial score (nSPS) is 21.3. The maximum Gasteiger partial charge on any atom is 0.273 e. The van der Waals surface area contributed by atoms with Crippen molar-refractivity contribution in [3.63, 3.8) is 0 Å². The van der Waals surface area contributed by atoms with Gasteiger partial charge in [-0.2, -0.15) is 0 Å². The molecular weight excluding hydrogens is 208 g/mol. The second-order valence-electron chi connectivity index (χ2n) is 4.37. The fraction of sp³-hybridized carbons (Fsp3) is 0.538. The molecule has 1 saturated heterocycles. The molecule has 16 heavy (non-hydrogen) atoms. The molecule has 2 rings (SSSR count). The van der Waals surface area contributed by atoms with Gasteiger partial charge in [-0.1, -0.05) is 25.1 Å². The quantitative estimate of drug-likeness (QED) is 0.832. The van der Waals surface area contributed by atoms with Gasteiger partial charge in [0.25, 0.3) is 5.92 Å². The van der Waals surface area contributed by atoms with Crippen LogP contribution in [0.1, 0.15) is 36.8 Å². The van der Waals surface area contributed by atoms with E-state index in [4.69, 9.17) is 0 Å². The number of hydrogen-bond acceptors (Lipinski definition) is 1. The molecule has 0 amide bonds. The van der Waals surface area contributed by atoms with Crippen LogP contribution in [0.3, 0.4) is 0 Å². The summed E-state index contributed by atoms with van der Waals surface area (Å²) in [6.45, 7) is 3.41. The van der Waals surface area contributed by atoms with Crippen molar-refractivity contribution >= 4 is 0 Å². The first kappa shape index (κ1) is 11.5. The molecule has 0 aromatic heterocycles. The van der Waals surface area contributed by atoms with Crippen LogP contribution in [-0.2, 0) is 5.92 Å². The highest BCUT2D eigenvalue weighted by Gasteiger charge is 2.29. The smallest absolute Gasteiger partial charge is 0.273 e. The lowest BCUT2D eigenvalue weighted by atomic mass is 9.94. The van der Waals surface area contributed by atoms with E-state index in [0.29, 0.717) is 5.92 Å². The fourth-order valence-corrected chi connectivity index (χ4v) is 2.16. The van der Waals surface area contributed by atoms with E-state index >= 15 is 0 Å². The van der Waals surface area contributed by atoms with E-state index in [9.17, 15) is 8.78 Å². The summed E-state index contributed by atoms with van der Waals surface area (Å²) in [6, 6.07) is 6.88. The van der Waals surface area contributed by atoms with Crippen LogP contribution in [0, 0.1) is 0 Å². The summed E-state index contributed by atoms with van der Waals surface area (Å²) in [5.74, 6) is -2.30. The highest BCUT2D eigenvalue weighted by molar-refractivity contribution is 5.30. The Hall–Kier alpha value is -0.960. The minimum atomic E-state index is -2.69. The van der Waals surface area contributed by atoms with E-state index in [1.807, 2.05) is 6.07 Å². The van der Waals surface area contributed by atoms with Gasteiger partial charge in [0.1, 0.15) is 0 Å². The van der Waals surface area contributed by atoms with Gasteiger partial charge >= 0.3 is 0 Å². The Morgan fingerprint density at radius 3 is 2.88 bits per heavy atom. The summed E-state index contributed by atoms with van der Waals surface area (Å²) < 4.78 is 27.1. The third-order valence-corrected chi connectivity index (χ3v) is 3.28. The Labute approximate surface area is 94.9 Å². The Kier molecular flexibility index (Phi) is 3.24. The molecule has 0 aliphatic carbocycles. The SMILES string of the molecule is CCC(F)(F)c1cccc(C2CCNC2)c1. The molecule has 0 bridgehead atoms. The molecule has 0 spiro atoms. The second-order valence-corrected chi connectivity index (χ2v) is 4.37. The summed E-state index contributed by atoms with van der Waals surface area (Å²) >= 11 is 0. The van der Waals surface area contributed by atoms with Crippen molar-refractivity contribution < 1.29 is 8.78 Å². The van der Waals surface area contributed by atoms with E-state index in [0.717, 1.165) is 25.1 Å². The molecule has 1 fully saturated rings. The molecule has 1 aliphatic rings. The summed E-state index contributed by atoms with van der Waals surface area (Å²) in [4.78, 5) is 0. The Morgan fingerprint density at radius 1 is 1.44 bits per heavy atom.